The fraction of sp³-hybridized carbons (Fsp3) is 0.485. The second-order valence-electron chi connectivity index (χ2n) is 11.2. The SMILES string of the molecule is CCOC(=O)NCCCNC(=O)c1cc(C#Cc2ccc(N3CCN(S(=O)(=O)NC(C(=O)O)C(C)C)CC3)cc2)ccc1OCCOC. The molecule has 1 aliphatic heterocycles. The number of rotatable bonds is 16. The summed E-state index contributed by atoms with van der Waals surface area (Å²) in [6.45, 7) is 7.92. The van der Waals surface area contributed by atoms with E-state index < -0.39 is 34.2 Å². The van der Waals surface area contributed by atoms with Crippen LogP contribution in [0.5, 0.6) is 5.75 Å². The first kappa shape index (κ1) is 38.1. The zero-order valence-corrected chi connectivity index (χ0v) is 28.6. The molecule has 0 aliphatic carbocycles. The number of hydrogen-bond donors (Lipinski definition) is 4. The fourth-order valence-electron chi connectivity index (χ4n) is 4.70. The van der Waals surface area contributed by atoms with Gasteiger partial charge in [-0.3, -0.25) is 9.59 Å². The highest BCUT2D eigenvalue weighted by Crippen LogP contribution is 2.21. The highest BCUT2D eigenvalue weighted by atomic mass is 32.2. The minimum atomic E-state index is -3.95. The number of piperazine rings is 1. The lowest BCUT2D eigenvalue weighted by molar-refractivity contribution is -0.140. The first-order valence-electron chi connectivity index (χ1n) is 15.8. The minimum Gasteiger partial charge on any atom is -0.490 e. The van der Waals surface area contributed by atoms with Crippen LogP contribution in [0, 0.1) is 17.8 Å². The van der Waals surface area contributed by atoms with Crippen LogP contribution in [0.2, 0.25) is 0 Å². The number of benzene rings is 2. The van der Waals surface area contributed by atoms with Gasteiger partial charge in [0.1, 0.15) is 18.4 Å². The number of ether oxygens (including phenoxy) is 3. The molecular formula is C33H45N5O9S. The van der Waals surface area contributed by atoms with Gasteiger partial charge in [-0.2, -0.15) is 17.4 Å². The van der Waals surface area contributed by atoms with E-state index in [4.69, 9.17) is 14.2 Å². The smallest absolute Gasteiger partial charge is 0.407 e. The third kappa shape index (κ3) is 11.7. The average molecular weight is 688 g/mol. The Morgan fingerprint density at radius 3 is 2.21 bits per heavy atom. The molecule has 1 atom stereocenters. The van der Waals surface area contributed by atoms with Gasteiger partial charge in [-0.15, -0.1) is 0 Å². The normalized spacial score (nSPS) is 14.1. The number of carboxylic acids is 1. The van der Waals surface area contributed by atoms with Gasteiger partial charge in [0.2, 0.25) is 0 Å². The van der Waals surface area contributed by atoms with Crippen LogP contribution in [0.4, 0.5) is 10.5 Å². The van der Waals surface area contributed by atoms with Crippen molar-refractivity contribution < 1.29 is 42.1 Å². The Bertz CT molecular complexity index is 1550. The molecule has 1 fully saturated rings. The molecule has 262 valence electrons. The quantitative estimate of drug-likeness (QED) is 0.151. The molecule has 1 heterocycles. The van der Waals surface area contributed by atoms with E-state index in [0.29, 0.717) is 56.1 Å². The maximum absolute atomic E-state index is 13.0. The third-order valence-electron chi connectivity index (χ3n) is 7.32. The molecule has 15 heteroatoms. The van der Waals surface area contributed by atoms with E-state index in [-0.39, 0.29) is 32.2 Å². The molecule has 1 unspecified atom stereocenters. The Balaban J connectivity index is 1.62. The highest BCUT2D eigenvalue weighted by molar-refractivity contribution is 7.87. The molecule has 0 radical (unpaired) electrons. The van der Waals surface area contributed by atoms with Crippen LogP contribution in [-0.2, 0) is 24.5 Å². The van der Waals surface area contributed by atoms with E-state index in [1.165, 1.54) is 4.31 Å². The fourth-order valence-corrected chi connectivity index (χ4v) is 6.18. The van der Waals surface area contributed by atoms with Crippen molar-refractivity contribution in [3.05, 3.63) is 59.2 Å². The van der Waals surface area contributed by atoms with E-state index in [2.05, 4.69) is 32.1 Å². The number of anilines is 1. The van der Waals surface area contributed by atoms with E-state index >= 15 is 0 Å². The van der Waals surface area contributed by atoms with E-state index in [0.717, 1.165) is 11.3 Å². The molecule has 4 N–H and O–H groups in total. The largest absolute Gasteiger partial charge is 0.490 e. The standard InChI is InChI=1S/C33H45N5O9S/c1-5-46-33(42)35-16-6-15-34-31(39)28-23-26(11-14-29(28)47-22-21-45-4)8-7-25-9-12-27(13-10-25)37-17-19-38(20-18-37)48(43,44)36-30(24(2)3)32(40)41/h9-14,23-24,30,36H,5-6,15-22H2,1-4H3,(H,34,39)(H,35,42)(H,40,41). The molecule has 2 aromatic carbocycles. The van der Waals surface area contributed by atoms with Gasteiger partial charge in [0.05, 0.1) is 18.8 Å². The van der Waals surface area contributed by atoms with Gasteiger partial charge in [-0.05, 0) is 61.7 Å². The van der Waals surface area contributed by atoms with Gasteiger partial charge in [-0.1, -0.05) is 25.7 Å². The lowest BCUT2D eigenvalue weighted by Gasteiger charge is -2.36. The molecule has 14 nitrogen and oxygen atoms in total. The number of alkyl carbamates (subject to hydrolysis) is 1. The topological polar surface area (TPSA) is 176 Å². The molecule has 0 saturated carbocycles. The zero-order chi connectivity index (χ0) is 35.1. The summed E-state index contributed by atoms with van der Waals surface area (Å²) >= 11 is 0. The van der Waals surface area contributed by atoms with Crippen molar-refractivity contribution in [2.45, 2.75) is 33.2 Å². The number of carbonyl (C=O) groups excluding carboxylic acids is 2. The first-order valence-corrected chi connectivity index (χ1v) is 17.2. The molecule has 1 saturated heterocycles. The summed E-state index contributed by atoms with van der Waals surface area (Å²) in [6.07, 6.45) is 0.00979. The molecule has 2 aromatic rings. The molecule has 1 aliphatic rings. The van der Waals surface area contributed by atoms with Crippen molar-refractivity contribution in [3.8, 4) is 17.6 Å². The number of hydrogen-bond acceptors (Lipinski definition) is 9. The molecule has 48 heavy (non-hydrogen) atoms. The Labute approximate surface area is 282 Å². The lowest BCUT2D eigenvalue weighted by Crippen LogP contribution is -2.55. The minimum absolute atomic E-state index is 0.215. The van der Waals surface area contributed by atoms with Crippen molar-refractivity contribution >= 4 is 33.9 Å². The summed E-state index contributed by atoms with van der Waals surface area (Å²) in [6, 6.07) is 11.5. The second kappa shape index (κ2) is 18.8. The van der Waals surface area contributed by atoms with Gasteiger partial charge in [0, 0.05) is 63.2 Å². The maximum atomic E-state index is 13.0. The zero-order valence-electron chi connectivity index (χ0n) is 27.8. The van der Waals surface area contributed by atoms with Crippen LogP contribution in [0.3, 0.4) is 0 Å². The maximum Gasteiger partial charge on any atom is 0.407 e. The summed E-state index contributed by atoms with van der Waals surface area (Å²) < 4.78 is 44.8. The molecular weight excluding hydrogens is 642 g/mol. The predicted molar refractivity (Wildman–Crippen MR) is 180 cm³/mol. The number of aliphatic carboxylic acids is 1. The number of methoxy groups -OCH3 is 1. The molecule has 0 spiro atoms. The molecule has 3 rings (SSSR count). The predicted octanol–water partition coefficient (Wildman–Crippen LogP) is 2.04. The number of nitrogens with zero attached hydrogens (tertiary/aromatic N) is 2. The van der Waals surface area contributed by atoms with E-state index in [9.17, 15) is 27.9 Å². The highest BCUT2D eigenvalue weighted by Gasteiger charge is 2.33. The monoisotopic (exact) mass is 687 g/mol. The second-order valence-corrected chi connectivity index (χ2v) is 12.9. The molecule has 0 aromatic heterocycles. The van der Waals surface area contributed by atoms with Crippen molar-refractivity contribution in [2.24, 2.45) is 5.92 Å². The van der Waals surface area contributed by atoms with Crippen LogP contribution < -0.4 is 25.0 Å². The average Bonchev–Trinajstić information content (AvgIpc) is 3.06. The van der Waals surface area contributed by atoms with Gasteiger partial charge < -0.3 is 34.9 Å². The van der Waals surface area contributed by atoms with Crippen molar-refractivity contribution in [1.29, 1.82) is 0 Å². The summed E-state index contributed by atoms with van der Waals surface area (Å²) in [5.41, 5.74) is 2.59. The molecule has 0 bridgehead atoms. The van der Waals surface area contributed by atoms with Crippen LogP contribution in [0.1, 0.15) is 48.7 Å². The Kier molecular flexibility index (Phi) is 15.0. The number of carboxylic acid groups (broad SMARTS) is 1. The van der Waals surface area contributed by atoms with Crippen LogP contribution in [0.15, 0.2) is 42.5 Å². The van der Waals surface area contributed by atoms with Gasteiger partial charge in [0.25, 0.3) is 16.1 Å². The number of carbonyl (C=O) groups is 3. The lowest BCUT2D eigenvalue weighted by atomic mass is 10.1. The van der Waals surface area contributed by atoms with Crippen molar-refractivity contribution in [1.82, 2.24) is 19.7 Å². The van der Waals surface area contributed by atoms with E-state index in [1.807, 2.05) is 24.3 Å². The van der Waals surface area contributed by atoms with Gasteiger partial charge >= 0.3 is 12.1 Å². The molecule has 2 amide bonds. The number of amides is 2. The van der Waals surface area contributed by atoms with Crippen LogP contribution in [-0.4, -0.2) is 108 Å². The summed E-state index contributed by atoms with van der Waals surface area (Å²) in [7, 11) is -2.39. The van der Waals surface area contributed by atoms with Crippen LogP contribution in [0.25, 0.3) is 0 Å². The van der Waals surface area contributed by atoms with E-state index in [1.54, 1.807) is 46.1 Å². The summed E-state index contributed by atoms with van der Waals surface area (Å²) in [4.78, 5) is 38.0. The Morgan fingerprint density at radius 1 is 0.938 bits per heavy atom. The van der Waals surface area contributed by atoms with Crippen LogP contribution >= 0.6 is 0 Å². The van der Waals surface area contributed by atoms with Gasteiger partial charge in [-0.25, -0.2) is 4.79 Å². The first-order chi connectivity index (χ1) is 22.9. The van der Waals surface area contributed by atoms with Crippen molar-refractivity contribution in [2.75, 3.05) is 71.1 Å². The Morgan fingerprint density at radius 2 is 1.58 bits per heavy atom. The third-order valence-corrected chi connectivity index (χ3v) is 8.92. The Hall–Kier alpha value is -4.36. The van der Waals surface area contributed by atoms with Crippen molar-refractivity contribution in [3.63, 3.8) is 0 Å². The van der Waals surface area contributed by atoms with Gasteiger partial charge in [0.15, 0.2) is 0 Å². The number of nitrogens with one attached hydrogen (secondary N) is 3. The summed E-state index contributed by atoms with van der Waals surface area (Å²) in [5.74, 6) is 4.67. The summed E-state index contributed by atoms with van der Waals surface area (Å²) in [5, 5.41) is 14.8.